The summed E-state index contributed by atoms with van der Waals surface area (Å²) in [5, 5.41) is 6.70. The van der Waals surface area contributed by atoms with Crippen LogP contribution in [0, 0.1) is 0 Å². The highest BCUT2D eigenvalue weighted by molar-refractivity contribution is 7.99. The van der Waals surface area contributed by atoms with Gasteiger partial charge in [0.25, 0.3) is 0 Å². The number of guanidine groups is 1. The molecular formula is C16H27N3OS. The van der Waals surface area contributed by atoms with Gasteiger partial charge in [0, 0.05) is 24.9 Å². The summed E-state index contributed by atoms with van der Waals surface area (Å²) in [6.07, 6.45) is 3.08. The lowest BCUT2D eigenvalue weighted by atomic mass is 10.1. The van der Waals surface area contributed by atoms with Crippen LogP contribution in [0.1, 0.15) is 19.4 Å². The molecule has 5 heteroatoms. The summed E-state index contributed by atoms with van der Waals surface area (Å²) in [6.45, 7) is 6.17. The van der Waals surface area contributed by atoms with Crippen molar-refractivity contribution in [2.45, 2.75) is 25.0 Å². The predicted molar refractivity (Wildman–Crippen MR) is 93.7 cm³/mol. The van der Waals surface area contributed by atoms with Crippen molar-refractivity contribution in [3.05, 3.63) is 29.8 Å². The van der Waals surface area contributed by atoms with Crippen molar-refractivity contribution < 1.29 is 4.74 Å². The summed E-state index contributed by atoms with van der Waals surface area (Å²) in [4.78, 5) is 4.25. The van der Waals surface area contributed by atoms with Gasteiger partial charge in [-0.1, -0.05) is 12.1 Å². The van der Waals surface area contributed by atoms with Crippen LogP contribution in [-0.2, 0) is 6.42 Å². The first-order valence-electron chi connectivity index (χ1n) is 7.13. The molecule has 4 nitrogen and oxygen atoms in total. The number of thioether (sulfide) groups is 1. The zero-order valence-corrected chi connectivity index (χ0v) is 14.5. The number of rotatable bonds is 7. The Bertz CT molecular complexity index is 443. The van der Waals surface area contributed by atoms with E-state index in [1.165, 1.54) is 5.56 Å². The SMILES string of the molecule is CN=C(NCCc1ccc(OC)cc1)NCC(C)(C)SC. The van der Waals surface area contributed by atoms with Gasteiger partial charge >= 0.3 is 0 Å². The molecule has 1 aromatic carbocycles. The summed E-state index contributed by atoms with van der Waals surface area (Å²) in [5.74, 6) is 1.74. The van der Waals surface area contributed by atoms with Crippen LogP contribution in [0.4, 0.5) is 0 Å². The quantitative estimate of drug-likeness (QED) is 0.600. The first-order chi connectivity index (χ1) is 10.0. The summed E-state index contributed by atoms with van der Waals surface area (Å²) >= 11 is 1.85. The van der Waals surface area contributed by atoms with Crippen LogP contribution in [0.25, 0.3) is 0 Å². The molecule has 1 aromatic rings. The fourth-order valence-electron chi connectivity index (χ4n) is 1.71. The van der Waals surface area contributed by atoms with Crippen molar-refractivity contribution in [1.82, 2.24) is 10.6 Å². The number of nitrogens with one attached hydrogen (secondary N) is 2. The second-order valence-electron chi connectivity index (χ2n) is 5.41. The third-order valence-corrected chi connectivity index (χ3v) is 4.57. The minimum Gasteiger partial charge on any atom is -0.497 e. The number of ether oxygens (including phenoxy) is 1. The molecule has 2 N–H and O–H groups in total. The molecule has 0 radical (unpaired) electrons. The molecule has 0 aromatic heterocycles. The van der Waals surface area contributed by atoms with Crippen molar-refractivity contribution in [3.63, 3.8) is 0 Å². The van der Waals surface area contributed by atoms with Crippen LogP contribution < -0.4 is 15.4 Å². The van der Waals surface area contributed by atoms with E-state index in [0.29, 0.717) is 0 Å². The van der Waals surface area contributed by atoms with E-state index in [1.54, 1.807) is 14.2 Å². The first kappa shape index (κ1) is 17.7. The number of aliphatic imine (C=N–C) groups is 1. The van der Waals surface area contributed by atoms with E-state index < -0.39 is 0 Å². The molecule has 1 rings (SSSR count). The van der Waals surface area contributed by atoms with Crippen molar-refractivity contribution in [2.75, 3.05) is 33.5 Å². The predicted octanol–water partition coefficient (Wildman–Crippen LogP) is 2.54. The van der Waals surface area contributed by atoms with Gasteiger partial charge in [0.2, 0.25) is 0 Å². The number of hydrogen-bond acceptors (Lipinski definition) is 3. The van der Waals surface area contributed by atoms with E-state index in [-0.39, 0.29) is 4.75 Å². The van der Waals surface area contributed by atoms with E-state index >= 15 is 0 Å². The highest BCUT2D eigenvalue weighted by Crippen LogP contribution is 2.19. The Morgan fingerprint density at radius 2 is 1.90 bits per heavy atom. The summed E-state index contributed by atoms with van der Waals surface area (Å²) in [6, 6.07) is 8.16. The number of hydrogen-bond donors (Lipinski definition) is 2. The highest BCUT2D eigenvalue weighted by Gasteiger charge is 2.15. The molecule has 0 fully saturated rings. The molecule has 0 unspecified atom stereocenters. The summed E-state index contributed by atoms with van der Waals surface area (Å²) < 4.78 is 5.36. The molecule has 0 aliphatic heterocycles. The van der Waals surface area contributed by atoms with Gasteiger partial charge in [-0.05, 0) is 44.2 Å². The third-order valence-electron chi connectivity index (χ3n) is 3.32. The van der Waals surface area contributed by atoms with Crippen molar-refractivity contribution in [3.8, 4) is 5.75 Å². The molecule has 21 heavy (non-hydrogen) atoms. The average Bonchev–Trinajstić information content (AvgIpc) is 2.51. The molecular weight excluding hydrogens is 282 g/mol. The molecule has 0 saturated carbocycles. The molecule has 0 heterocycles. The zero-order chi connectivity index (χ0) is 15.7. The fraction of sp³-hybridized carbons (Fsp3) is 0.562. The number of nitrogens with zero attached hydrogens (tertiary/aromatic N) is 1. The van der Waals surface area contributed by atoms with E-state index in [4.69, 9.17) is 4.74 Å². The molecule has 118 valence electrons. The molecule has 0 aliphatic rings. The maximum absolute atomic E-state index is 5.16. The Hall–Kier alpha value is -1.36. The van der Waals surface area contributed by atoms with Crippen LogP contribution in [0.2, 0.25) is 0 Å². The molecule has 0 spiro atoms. The van der Waals surface area contributed by atoms with E-state index in [1.807, 2.05) is 23.9 Å². The summed E-state index contributed by atoms with van der Waals surface area (Å²) in [7, 11) is 3.48. The lowest BCUT2D eigenvalue weighted by molar-refractivity contribution is 0.414. The molecule has 0 saturated heterocycles. The normalized spacial score (nSPS) is 12.1. The Morgan fingerprint density at radius 3 is 2.43 bits per heavy atom. The van der Waals surface area contributed by atoms with Crippen LogP contribution in [0.15, 0.2) is 29.3 Å². The highest BCUT2D eigenvalue weighted by atomic mass is 32.2. The van der Waals surface area contributed by atoms with E-state index in [9.17, 15) is 0 Å². The zero-order valence-electron chi connectivity index (χ0n) is 13.7. The van der Waals surface area contributed by atoms with Crippen LogP contribution in [0.5, 0.6) is 5.75 Å². The Morgan fingerprint density at radius 1 is 1.24 bits per heavy atom. The topological polar surface area (TPSA) is 45.7 Å². The van der Waals surface area contributed by atoms with Gasteiger partial charge < -0.3 is 15.4 Å². The molecule has 0 aliphatic carbocycles. The Kier molecular flexibility index (Phi) is 7.43. The van der Waals surface area contributed by atoms with E-state index in [2.05, 4.69) is 47.9 Å². The Labute approximate surface area is 132 Å². The molecule has 0 amide bonds. The van der Waals surface area contributed by atoms with Crippen LogP contribution >= 0.6 is 11.8 Å². The summed E-state index contributed by atoms with van der Waals surface area (Å²) in [5.41, 5.74) is 1.28. The van der Waals surface area contributed by atoms with Gasteiger partial charge in [0.15, 0.2) is 5.96 Å². The second-order valence-corrected chi connectivity index (χ2v) is 6.93. The van der Waals surface area contributed by atoms with Crippen molar-refractivity contribution >= 4 is 17.7 Å². The number of methoxy groups -OCH3 is 1. The van der Waals surface area contributed by atoms with Gasteiger partial charge in [-0.3, -0.25) is 4.99 Å². The fourth-order valence-corrected chi connectivity index (χ4v) is 1.92. The first-order valence-corrected chi connectivity index (χ1v) is 8.36. The number of benzene rings is 1. The maximum Gasteiger partial charge on any atom is 0.191 e. The largest absolute Gasteiger partial charge is 0.497 e. The smallest absolute Gasteiger partial charge is 0.191 e. The third kappa shape index (κ3) is 6.76. The molecule has 0 atom stereocenters. The average molecular weight is 309 g/mol. The van der Waals surface area contributed by atoms with Crippen molar-refractivity contribution in [1.29, 1.82) is 0 Å². The van der Waals surface area contributed by atoms with Gasteiger partial charge in [-0.25, -0.2) is 0 Å². The monoisotopic (exact) mass is 309 g/mol. The van der Waals surface area contributed by atoms with Crippen LogP contribution in [0.3, 0.4) is 0 Å². The molecule has 0 bridgehead atoms. The van der Waals surface area contributed by atoms with E-state index in [0.717, 1.165) is 31.2 Å². The lowest BCUT2D eigenvalue weighted by Gasteiger charge is -2.23. The Balaban J connectivity index is 2.35. The second kappa shape index (κ2) is 8.82. The van der Waals surface area contributed by atoms with Gasteiger partial charge in [0.1, 0.15) is 5.75 Å². The van der Waals surface area contributed by atoms with Gasteiger partial charge in [0.05, 0.1) is 7.11 Å². The minimum absolute atomic E-state index is 0.202. The maximum atomic E-state index is 5.16. The standard InChI is InChI=1S/C16H27N3OS/c1-16(2,21-5)12-19-15(17-3)18-11-10-13-6-8-14(20-4)9-7-13/h6-9H,10-12H2,1-5H3,(H2,17,18,19). The van der Waals surface area contributed by atoms with Gasteiger partial charge in [-0.2, -0.15) is 11.8 Å². The lowest BCUT2D eigenvalue weighted by Crippen LogP contribution is -2.43. The van der Waals surface area contributed by atoms with Gasteiger partial charge in [-0.15, -0.1) is 0 Å². The minimum atomic E-state index is 0.202. The van der Waals surface area contributed by atoms with Crippen LogP contribution in [-0.4, -0.2) is 44.2 Å². The van der Waals surface area contributed by atoms with Crippen molar-refractivity contribution in [2.24, 2.45) is 4.99 Å².